The molecule has 7 nitrogen and oxygen atoms in total. The molecule has 3 fully saturated rings. The highest BCUT2D eigenvalue weighted by atomic mass is 32.2. The highest BCUT2D eigenvalue weighted by Crippen LogP contribution is 2.40. The van der Waals surface area contributed by atoms with Gasteiger partial charge in [0, 0.05) is 13.1 Å². The van der Waals surface area contributed by atoms with Crippen molar-refractivity contribution in [1.82, 2.24) is 9.21 Å². The molecule has 120 valence electrons. The number of rotatable bonds is 0. The van der Waals surface area contributed by atoms with Crippen molar-refractivity contribution in [1.29, 1.82) is 0 Å². The number of hydrogen-bond donors (Lipinski definition) is 0. The normalized spacial score (nSPS) is 35.4. The monoisotopic (exact) mass is 318 g/mol. The van der Waals surface area contributed by atoms with Crippen LogP contribution < -0.4 is 0 Å². The maximum Gasteiger partial charge on any atom is 0.410 e. The molecule has 1 amide bonds. The average Bonchev–Trinajstić information content (AvgIpc) is 2.60. The topological polar surface area (TPSA) is 76.2 Å². The van der Waals surface area contributed by atoms with E-state index in [1.54, 1.807) is 4.90 Å². The first-order valence-corrected chi connectivity index (χ1v) is 8.75. The lowest BCUT2D eigenvalue weighted by atomic mass is 9.85. The molecule has 0 aromatic carbocycles. The summed E-state index contributed by atoms with van der Waals surface area (Å²) in [6, 6.07) is -0.408. The Morgan fingerprint density at radius 1 is 1.24 bits per heavy atom. The van der Waals surface area contributed by atoms with Gasteiger partial charge in [-0.25, -0.2) is 4.79 Å². The zero-order valence-corrected chi connectivity index (χ0v) is 13.4. The van der Waals surface area contributed by atoms with Gasteiger partial charge >= 0.3 is 16.4 Å². The fraction of sp³-hybridized carbons (Fsp3) is 0.923. The molecule has 8 heteroatoms. The van der Waals surface area contributed by atoms with Crippen LogP contribution in [0.15, 0.2) is 0 Å². The fourth-order valence-electron chi connectivity index (χ4n) is 3.48. The smallest absolute Gasteiger partial charge is 0.410 e. The van der Waals surface area contributed by atoms with Crippen LogP contribution in [0.5, 0.6) is 0 Å². The molecule has 0 radical (unpaired) electrons. The van der Waals surface area contributed by atoms with Crippen LogP contribution in [-0.2, 0) is 19.2 Å². The number of carbonyl (C=O) groups excluding carboxylic acids is 1. The molecule has 0 aromatic rings. The van der Waals surface area contributed by atoms with Crippen molar-refractivity contribution < 1.29 is 22.1 Å². The first-order valence-electron chi connectivity index (χ1n) is 7.39. The van der Waals surface area contributed by atoms with Crippen molar-refractivity contribution >= 4 is 16.4 Å². The Morgan fingerprint density at radius 3 is 2.62 bits per heavy atom. The van der Waals surface area contributed by atoms with Crippen LogP contribution in [0.2, 0.25) is 0 Å². The predicted octanol–water partition coefficient (Wildman–Crippen LogP) is 1.10. The van der Waals surface area contributed by atoms with Gasteiger partial charge in [-0.15, -0.1) is 0 Å². The largest absolute Gasteiger partial charge is 0.444 e. The van der Waals surface area contributed by atoms with Crippen LogP contribution >= 0.6 is 0 Å². The van der Waals surface area contributed by atoms with Crippen LogP contribution in [0.1, 0.15) is 40.0 Å². The third-order valence-corrected chi connectivity index (χ3v) is 5.71. The van der Waals surface area contributed by atoms with Crippen molar-refractivity contribution in [3.8, 4) is 0 Å². The van der Waals surface area contributed by atoms with Gasteiger partial charge in [-0.2, -0.15) is 12.7 Å². The summed E-state index contributed by atoms with van der Waals surface area (Å²) in [6.45, 7) is 6.11. The molecule has 0 unspecified atom stereocenters. The number of nitrogens with zero attached hydrogens (tertiary/aromatic N) is 2. The molecule has 2 aliphatic heterocycles. The van der Waals surface area contributed by atoms with E-state index in [0.717, 1.165) is 19.3 Å². The Morgan fingerprint density at radius 2 is 1.95 bits per heavy atom. The molecule has 0 aromatic heterocycles. The van der Waals surface area contributed by atoms with Crippen LogP contribution in [0.3, 0.4) is 0 Å². The van der Waals surface area contributed by atoms with Gasteiger partial charge in [-0.05, 0) is 40.0 Å². The third kappa shape index (κ3) is 2.64. The van der Waals surface area contributed by atoms with Gasteiger partial charge in [0.1, 0.15) is 5.60 Å². The average molecular weight is 318 g/mol. The van der Waals surface area contributed by atoms with E-state index in [4.69, 9.17) is 8.92 Å². The lowest BCUT2D eigenvalue weighted by Gasteiger charge is -2.46. The van der Waals surface area contributed by atoms with Crippen molar-refractivity contribution in [3.05, 3.63) is 0 Å². The Bertz CT molecular complexity index is 541. The first kappa shape index (κ1) is 15.1. The third-order valence-electron chi connectivity index (χ3n) is 4.22. The lowest BCUT2D eigenvalue weighted by molar-refractivity contribution is -0.0215. The molecule has 2 heterocycles. The molecule has 2 saturated heterocycles. The van der Waals surface area contributed by atoms with Crippen molar-refractivity contribution in [2.75, 3.05) is 13.1 Å². The molecule has 21 heavy (non-hydrogen) atoms. The second-order valence-electron chi connectivity index (χ2n) is 6.87. The zero-order chi connectivity index (χ0) is 15.4. The minimum Gasteiger partial charge on any atom is -0.444 e. The standard InChI is InChI=1S/C13H22N2O5S/c1-13(2,3)19-12(16)14-7-8-15-11-9(14)5-4-6-10(11)20-21(15,17)18/h9-11H,4-8H2,1-3H3/t9-,10+,11-/m0/s1. The van der Waals surface area contributed by atoms with Gasteiger partial charge in [0.05, 0.1) is 18.2 Å². The van der Waals surface area contributed by atoms with Gasteiger partial charge in [0.2, 0.25) is 0 Å². The summed E-state index contributed by atoms with van der Waals surface area (Å²) in [5, 5.41) is 0. The van der Waals surface area contributed by atoms with E-state index in [9.17, 15) is 13.2 Å². The Kier molecular flexibility index (Phi) is 3.46. The number of hydrogen-bond acceptors (Lipinski definition) is 5. The van der Waals surface area contributed by atoms with Crippen molar-refractivity contribution in [2.24, 2.45) is 0 Å². The van der Waals surface area contributed by atoms with E-state index in [1.807, 2.05) is 20.8 Å². The molecule has 3 atom stereocenters. The summed E-state index contributed by atoms with van der Waals surface area (Å²) >= 11 is 0. The predicted molar refractivity (Wildman–Crippen MR) is 74.9 cm³/mol. The lowest BCUT2D eigenvalue weighted by Crippen LogP contribution is -2.63. The van der Waals surface area contributed by atoms with E-state index in [0.29, 0.717) is 6.54 Å². The van der Waals surface area contributed by atoms with Crippen LogP contribution in [-0.4, -0.2) is 60.6 Å². The number of amides is 1. The van der Waals surface area contributed by atoms with Crippen molar-refractivity contribution in [2.45, 2.75) is 63.8 Å². The van der Waals surface area contributed by atoms with E-state index in [2.05, 4.69) is 0 Å². The summed E-state index contributed by atoms with van der Waals surface area (Å²) in [5.74, 6) is 0. The minimum absolute atomic E-state index is 0.148. The molecule has 1 aliphatic carbocycles. The molecule has 0 N–H and O–H groups in total. The highest BCUT2D eigenvalue weighted by molar-refractivity contribution is 7.84. The van der Waals surface area contributed by atoms with Gasteiger partial charge in [0.25, 0.3) is 0 Å². The van der Waals surface area contributed by atoms with Gasteiger partial charge in [-0.3, -0.25) is 4.18 Å². The number of piperazine rings is 1. The molecular formula is C13H22N2O5S. The maximum atomic E-state index is 12.4. The SMILES string of the molecule is CC(C)(C)OC(=O)N1CCN2[C@@H]3[C@@H](CCC[C@@H]31)OS2(=O)=O. The Balaban J connectivity index is 1.83. The molecule has 0 spiro atoms. The number of carbonyl (C=O) groups is 1. The number of ether oxygens (including phenoxy) is 1. The first-order chi connectivity index (χ1) is 9.69. The second-order valence-corrected chi connectivity index (χ2v) is 8.38. The molecule has 3 aliphatic rings. The van der Waals surface area contributed by atoms with Crippen LogP contribution in [0.4, 0.5) is 4.79 Å². The molecule has 3 rings (SSSR count). The van der Waals surface area contributed by atoms with E-state index < -0.39 is 15.9 Å². The van der Waals surface area contributed by atoms with E-state index in [1.165, 1.54) is 4.31 Å². The summed E-state index contributed by atoms with van der Waals surface area (Å²) in [4.78, 5) is 14.0. The Labute approximate surface area is 125 Å². The van der Waals surface area contributed by atoms with E-state index in [-0.39, 0.29) is 30.8 Å². The highest BCUT2D eigenvalue weighted by Gasteiger charge is 2.56. The minimum atomic E-state index is -3.63. The summed E-state index contributed by atoms with van der Waals surface area (Å²) < 4.78 is 36.1. The summed E-state index contributed by atoms with van der Waals surface area (Å²) in [7, 11) is -3.63. The maximum absolute atomic E-state index is 12.4. The zero-order valence-electron chi connectivity index (χ0n) is 12.6. The van der Waals surface area contributed by atoms with Gasteiger partial charge < -0.3 is 9.64 Å². The van der Waals surface area contributed by atoms with Gasteiger partial charge in [0.15, 0.2) is 0 Å². The molecule has 1 saturated carbocycles. The van der Waals surface area contributed by atoms with Crippen LogP contribution in [0.25, 0.3) is 0 Å². The Hall–Kier alpha value is -0.860. The van der Waals surface area contributed by atoms with Gasteiger partial charge in [-0.1, -0.05) is 0 Å². The van der Waals surface area contributed by atoms with Crippen LogP contribution in [0, 0.1) is 0 Å². The summed E-state index contributed by atoms with van der Waals surface area (Å²) in [5.41, 5.74) is -0.555. The molecular weight excluding hydrogens is 296 g/mol. The van der Waals surface area contributed by atoms with E-state index >= 15 is 0 Å². The quantitative estimate of drug-likeness (QED) is 0.668. The second kappa shape index (κ2) is 4.82. The van der Waals surface area contributed by atoms with Crippen molar-refractivity contribution in [3.63, 3.8) is 0 Å². The summed E-state index contributed by atoms with van der Waals surface area (Å²) in [6.07, 6.45) is 1.67. The fourth-order valence-corrected chi connectivity index (χ4v) is 4.99. The molecule has 0 bridgehead atoms.